The molecular weight excluding hydrogens is 378 g/mol. The number of rotatable bonds is 7. The zero-order valence-electron chi connectivity index (χ0n) is 16.8. The maximum absolute atomic E-state index is 11.9. The van der Waals surface area contributed by atoms with E-state index in [1.807, 2.05) is 24.1 Å². The van der Waals surface area contributed by atoms with Gasteiger partial charge in [-0.25, -0.2) is 4.68 Å². The van der Waals surface area contributed by atoms with Gasteiger partial charge in [-0.05, 0) is 25.1 Å². The molecule has 0 spiro atoms. The number of hydrogen-bond acceptors (Lipinski definition) is 6. The van der Waals surface area contributed by atoms with E-state index in [0.29, 0.717) is 5.69 Å². The van der Waals surface area contributed by atoms with E-state index >= 15 is 0 Å². The van der Waals surface area contributed by atoms with Gasteiger partial charge in [0.1, 0.15) is 10.8 Å². The van der Waals surface area contributed by atoms with Crippen LogP contribution in [0.15, 0.2) is 35.3 Å². The summed E-state index contributed by atoms with van der Waals surface area (Å²) in [6.45, 7) is 5.86. The summed E-state index contributed by atoms with van der Waals surface area (Å²) in [7, 11) is 5.26. The predicted octanol–water partition coefficient (Wildman–Crippen LogP) is 2.09. The van der Waals surface area contributed by atoms with E-state index in [1.54, 1.807) is 20.4 Å². The second-order valence-corrected chi connectivity index (χ2v) is 7.43. The molecule has 1 aromatic carbocycles. The normalized spacial score (nSPS) is 14.9. The van der Waals surface area contributed by atoms with Gasteiger partial charge in [0.05, 0.1) is 24.7 Å². The van der Waals surface area contributed by atoms with Gasteiger partial charge in [0.2, 0.25) is 0 Å². The Kier molecular flexibility index (Phi) is 6.80. The Morgan fingerprint density at radius 3 is 2.64 bits per heavy atom. The van der Waals surface area contributed by atoms with Gasteiger partial charge >= 0.3 is 0 Å². The fourth-order valence-electron chi connectivity index (χ4n) is 3.52. The summed E-state index contributed by atoms with van der Waals surface area (Å²) in [4.78, 5) is 18.8. The number of halogens is 1. The van der Waals surface area contributed by atoms with Crippen LogP contribution in [0.3, 0.4) is 0 Å². The van der Waals surface area contributed by atoms with Crippen molar-refractivity contribution in [2.75, 3.05) is 63.2 Å². The fourth-order valence-corrected chi connectivity index (χ4v) is 3.84. The Bertz CT molecular complexity index is 849. The number of ether oxygens (including phenoxy) is 1. The van der Waals surface area contributed by atoms with Crippen molar-refractivity contribution in [1.82, 2.24) is 14.7 Å². The minimum atomic E-state index is -0.265. The van der Waals surface area contributed by atoms with Gasteiger partial charge in [-0.1, -0.05) is 23.7 Å². The zero-order valence-corrected chi connectivity index (χ0v) is 17.5. The van der Waals surface area contributed by atoms with Gasteiger partial charge in [0.25, 0.3) is 5.56 Å². The first-order chi connectivity index (χ1) is 13.5. The van der Waals surface area contributed by atoms with E-state index < -0.39 is 0 Å². The van der Waals surface area contributed by atoms with Crippen LogP contribution in [0.2, 0.25) is 5.02 Å². The molecule has 1 aliphatic heterocycles. The quantitative estimate of drug-likeness (QED) is 0.703. The number of anilines is 2. The molecular formula is C20H28ClN5O2. The monoisotopic (exact) mass is 405 g/mol. The summed E-state index contributed by atoms with van der Waals surface area (Å²) in [5, 5.41) is 4.29. The molecule has 0 aliphatic carbocycles. The van der Waals surface area contributed by atoms with Crippen molar-refractivity contribution >= 4 is 23.0 Å². The summed E-state index contributed by atoms with van der Waals surface area (Å²) in [5.41, 5.74) is 1.58. The fraction of sp³-hybridized carbons (Fsp3) is 0.500. The molecule has 7 nitrogen and oxygen atoms in total. The average molecular weight is 406 g/mol. The van der Waals surface area contributed by atoms with Gasteiger partial charge in [0.15, 0.2) is 0 Å². The van der Waals surface area contributed by atoms with Crippen LogP contribution >= 0.6 is 11.6 Å². The Morgan fingerprint density at radius 2 is 1.93 bits per heavy atom. The molecule has 1 aromatic heterocycles. The molecule has 3 rings (SSSR count). The number of methoxy groups -OCH3 is 1. The van der Waals surface area contributed by atoms with Gasteiger partial charge < -0.3 is 14.5 Å². The Balaban J connectivity index is 1.47. The van der Waals surface area contributed by atoms with Crippen LogP contribution in [0.5, 0.6) is 5.75 Å². The van der Waals surface area contributed by atoms with E-state index in [1.165, 1.54) is 4.68 Å². The van der Waals surface area contributed by atoms with Crippen LogP contribution in [0, 0.1) is 0 Å². The van der Waals surface area contributed by atoms with E-state index in [-0.39, 0.29) is 10.6 Å². The van der Waals surface area contributed by atoms with Crippen LogP contribution < -0.4 is 20.1 Å². The third-order valence-electron chi connectivity index (χ3n) is 5.24. The first-order valence-corrected chi connectivity index (χ1v) is 9.92. The molecule has 152 valence electrons. The van der Waals surface area contributed by atoms with Crippen molar-refractivity contribution in [1.29, 1.82) is 0 Å². The van der Waals surface area contributed by atoms with E-state index in [0.717, 1.165) is 57.1 Å². The van der Waals surface area contributed by atoms with Gasteiger partial charge in [-0.15, -0.1) is 0 Å². The smallest absolute Gasteiger partial charge is 0.287 e. The highest BCUT2D eigenvalue weighted by Crippen LogP contribution is 2.28. The highest BCUT2D eigenvalue weighted by atomic mass is 35.5. The van der Waals surface area contributed by atoms with Crippen LogP contribution in [0.25, 0.3) is 0 Å². The minimum Gasteiger partial charge on any atom is -0.495 e. The van der Waals surface area contributed by atoms with Crippen molar-refractivity contribution in [2.45, 2.75) is 6.42 Å². The number of aromatic nitrogens is 2. The predicted molar refractivity (Wildman–Crippen MR) is 114 cm³/mol. The van der Waals surface area contributed by atoms with Crippen molar-refractivity contribution < 1.29 is 4.74 Å². The minimum absolute atomic E-state index is 0.227. The molecule has 0 saturated carbocycles. The lowest BCUT2D eigenvalue weighted by molar-refractivity contribution is 0.255. The SMILES string of the molecule is COc1ccccc1N1CCN(CCCN(C)c2cnn(C)c(=O)c2Cl)CC1. The molecule has 1 aliphatic rings. The molecule has 2 aromatic rings. The first kappa shape index (κ1) is 20.5. The highest BCUT2D eigenvalue weighted by Gasteiger charge is 2.19. The molecule has 0 radical (unpaired) electrons. The lowest BCUT2D eigenvalue weighted by Crippen LogP contribution is -2.47. The molecule has 0 atom stereocenters. The number of aryl methyl sites for hydroxylation is 1. The molecule has 0 bridgehead atoms. The third-order valence-corrected chi connectivity index (χ3v) is 5.59. The van der Waals surface area contributed by atoms with Crippen molar-refractivity contribution in [3.05, 3.63) is 45.8 Å². The molecule has 0 unspecified atom stereocenters. The second-order valence-electron chi connectivity index (χ2n) is 7.05. The van der Waals surface area contributed by atoms with Gasteiger partial charge in [0, 0.05) is 46.8 Å². The summed E-state index contributed by atoms with van der Waals surface area (Å²) in [6, 6.07) is 8.18. The molecule has 1 saturated heterocycles. The lowest BCUT2D eigenvalue weighted by atomic mass is 10.2. The highest BCUT2D eigenvalue weighted by molar-refractivity contribution is 6.33. The number of piperazine rings is 1. The van der Waals surface area contributed by atoms with Crippen molar-refractivity contribution in [3.63, 3.8) is 0 Å². The zero-order chi connectivity index (χ0) is 20.1. The summed E-state index contributed by atoms with van der Waals surface area (Å²) < 4.78 is 6.73. The largest absolute Gasteiger partial charge is 0.495 e. The Morgan fingerprint density at radius 1 is 1.21 bits per heavy atom. The second kappa shape index (κ2) is 9.30. The molecule has 2 heterocycles. The number of para-hydroxylation sites is 2. The van der Waals surface area contributed by atoms with Gasteiger partial charge in [-0.2, -0.15) is 5.10 Å². The third kappa shape index (κ3) is 4.59. The molecule has 0 amide bonds. The van der Waals surface area contributed by atoms with Crippen molar-refractivity contribution in [3.8, 4) is 5.75 Å². The van der Waals surface area contributed by atoms with Crippen LogP contribution in [0.4, 0.5) is 11.4 Å². The van der Waals surface area contributed by atoms with E-state index in [2.05, 4.69) is 27.0 Å². The molecule has 28 heavy (non-hydrogen) atoms. The maximum atomic E-state index is 11.9. The molecule has 8 heteroatoms. The Hall–Kier alpha value is -2.25. The molecule has 1 fully saturated rings. The topological polar surface area (TPSA) is 53.8 Å². The summed E-state index contributed by atoms with van der Waals surface area (Å²) in [5.74, 6) is 0.928. The maximum Gasteiger partial charge on any atom is 0.287 e. The molecule has 0 N–H and O–H groups in total. The summed E-state index contributed by atoms with van der Waals surface area (Å²) in [6.07, 6.45) is 2.65. The number of benzene rings is 1. The van der Waals surface area contributed by atoms with Crippen molar-refractivity contribution in [2.24, 2.45) is 7.05 Å². The number of hydrogen-bond donors (Lipinski definition) is 0. The van der Waals surface area contributed by atoms with Gasteiger partial charge in [-0.3, -0.25) is 9.69 Å². The Labute approximate surface area is 171 Å². The summed E-state index contributed by atoms with van der Waals surface area (Å²) >= 11 is 6.18. The lowest BCUT2D eigenvalue weighted by Gasteiger charge is -2.36. The first-order valence-electron chi connectivity index (χ1n) is 9.54. The standard InChI is InChI=1S/C20H28ClN5O2/c1-23(17-15-22-24(2)20(27)19(17)21)9-6-10-25-11-13-26(14-12-25)16-7-4-5-8-18(16)28-3/h4-5,7-8,15H,6,9-14H2,1-3H3. The van der Waals surface area contributed by atoms with Crippen LogP contribution in [0.1, 0.15) is 6.42 Å². The van der Waals surface area contributed by atoms with Crippen LogP contribution in [-0.4, -0.2) is 68.1 Å². The van der Waals surface area contributed by atoms with E-state index in [9.17, 15) is 4.79 Å². The average Bonchev–Trinajstić information content (AvgIpc) is 2.72. The number of nitrogens with zero attached hydrogens (tertiary/aromatic N) is 5. The van der Waals surface area contributed by atoms with Crippen LogP contribution in [-0.2, 0) is 7.05 Å². The van der Waals surface area contributed by atoms with E-state index in [4.69, 9.17) is 16.3 Å².